The molecule has 0 radical (unpaired) electrons. The van der Waals surface area contributed by atoms with E-state index in [-0.39, 0.29) is 12.0 Å². The standard InChI is InChI=1S/C34H36N2O2/c37-34(38-24-26-15-5-2-6-16-26)27-17-7-10-20-30(27)35-33-28-18-8-11-21-31(28)36(23-25-13-3-1-4-14-25)32-22-12-9-19-29(32)33/h1-6,8,11,13-16,18,21,33,35H,7,9-10,12,17,19-20,22-24H2. The Morgan fingerprint density at radius 2 is 1.42 bits per heavy atom. The molecule has 0 aromatic heterocycles. The molecule has 1 unspecified atom stereocenters. The van der Waals surface area contributed by atoms with Crippen molar-refractivity contribution < 1.29 is 9.53 Å². The highest BCUT2D eigenvalue weighted by molar-refractivity contribution is 5.89. The topological polar surface area (TPSA) is 41.6 Å². The maximum absolute atomic E-state index is 13.3. The second kappa shape index (κ2) is 11.3. The molecule has 2 aliphatic carbocycles. The lowest BCUT2D eigenvalue weighted by Gasteiger charge is -2.43. The molecule has 4 nitrogen and oxygen atoms in total. The molecule has 0 saturated heterocycles. The van der Waals surface area contributed by atoms with Gasteiger partial charge in [-0.15, -0.1) is 0 Å². The Labute approximate surface area is 226 Å². The predicted molar refractivity (Wildman–Crippen MR) is 152 cm³/mol. The highest BCUT2D eigenvalue weighted by atomic mass is 16.5. The van der Waals surface area contributed by atoms with E-state index in [4.69, 9.17) is 4.74 Å². The van der Waals surface area contributed by atoms with E-state index < -0.39 is 0 Å². The molecular weight excluding hydrogens is 468 g/mol. The lowest BCUT2D eigenvalue weighted by atomic mass is 9.82. The number of allylic oxidation sites excluding steroid dienone is 2. The number of esters is 1. The zero-order valence-electron chi connectivity index (χ0n) is 22.0. The highest BCUT2D eigenvalue weighted by Crippen LogP contribution is 2.46. The first kappa shape index (κ1) is 24.5. The summed E-state index contributed by atoms with van der Waals surface area (Å²) in [6, 6.07) is 29.6. The number of hydrogen-bond acceptors (Lipinski definition) is 4. The van der Waals surface area contributed by atoms with Gasteiger partial charge < -0.3 is 15.0 Å². The third-order valence-electron chi connectivity index (χ3n) is 8.12. The lowest BCUT2D eigenvalue weighted by molar-refractivity contribution is -0.140. The Morgan fingerprint density at radius 3 is 2.24 bits per heavy atom. The van der Waals surface area contributed by atoms with Crippen molar-refractivity contribution in [2.24, 2.45) is 0 Å². The van der Waals surface area contributed by atoms with Gasteiger partial charge in [-0.2, -0.15) is 0 Å². The highest BCUT2D eigenvalue weighted by Gasteiger charge is 2.35. The van der Waals surface area contributed by atoms with E-state index in [0.717, 1.165) is 61.9 Å². The Morgan fingerprint density at radius 1 is 0.763 bits per heavy atom. The summed E-state index contributed by atoms with van der Waals surface area (Å²) >= 11 is 0. The minimum atomic E-state index is -0.177. The second-order valence-corrected chi connectivity index (χ2v) is 10.6. The van der Waals surface area contributed by atoms with Gasteiger partial charge >= 0.3 is 5.97 Å². The number of para-hydroxylation sites is 1. The van der Waals surface area contributed by atoms with Crippen LogP contribution in [0.25, 0.3) is 0 Å². The van der Waals surface area contributed by atoms with Gasteiger partial charge in [-0.25, -0.2) is 4.79 Å². The summed E-state index contributed by atoms with van der Waals surface area (Å²) in [7, 11) is 0. The van der Waals surface area contributed by atoms with Crippen LogP contribution in [0.5, 0.6) is 0 Å². The number of hydrogen-bond donors (Lipinski definition) is 1. The van der Waals surface area contributed by atoms with E-state index in [0.29, 0.717) is 6.61 Å². The summed E-state index contributed by atoms with van der Waals surface area (Å²) < 4.78 is 5.79. The zero-order valence-corrected chi connectivity index (χ0v) is 22.0. The van der Waals surface area contributed by atoms with Gasteiger partial charge in [-0.3, -0.25) is 0 Å². The third kappa shape index (κ3) is 5.13. The minimum Gasteiger partial charge on any atom is -0.457 e. The molecule has 194 valence electrons. The Hall–Kier alpha value is -3.79. The fourth-order valence-corrected chi connectivity index (χ4v) is 6.23. The SMILES string of the molecule is O=C(OCc1ccccc1)C1=C(NC2C3=C(CCCC3)N(Cc3ccccc3)c3ccccc32)CCCC1. The van der Waals surface area contributed by atoms with Gasteiger partial charge in [0.05, 0.1) is 11.6 Å². The summed E-state index contributed by atoms with van der Waals surface area (Å²) in [4.78, 5) is 15.8. The number of nitrogens with zero attached hydrogens (tertiary/aromatic N) is 1. The lowest BCUT2D eigenvalue weighted by Crippen LogP contribution is -2.37. The number of anilines is 1. The van der Waals surface area contributed by atoms with E-state index in [1.165, 1.54) is 40.9 Å². The second-order valence-electron chi connectivity index (χ2n) is 10.6. The van der Waals surface area contributed by atoms with Crippen molar-refractivity contribution in [1.29, 1.82) is 0 Å². The number of carbonyl (C=O) groups excluding carboxylic acids is 1. The van der Waals surface area contributed by atoms with Crippen molar-refractivity contribution in [2.75, 3.05) is 4.90 Å². The molecule has 0 bridgehead atoms. The monoisotopic (exact) mass is 504 g/mol. The maximum Gasteiger partial charge on any atom is 0.336 e. The molecule has 0 fully saturated rings. The van der Waals surface area contributed by atoms with Crippen molar-refractivity contribution in [3.8, 4) is 0 Å². The normalized spacial score (nSPS) is 19.1. The van der Waals surface area contributed by atoms with Crippen LogP contribution in [0.2, 0.25) is 0 Å². The van der Waals surface area contributed by atoms with Crippen LogP contribution in [-0.4, -0.2) is 5.97 Å². The molecule has 3 aromatic carbocycles. The summed E-state index contributed by atoms with van der Waals surface area (Å²) in [6.07, 6.45) is 8.41. The summed E-state index contributed by atoms with van der Waals surface area (Å²) in [5.41, 5.74) is 9.77. The number of nitrogens with one attached hydrogen (secondary N) is 1. The van der Waals surface area contributed by atoms with Crippen molar-refractivity contribution in [3.05, 3.63) is 124 Å². The predicted octanol–water partition coefficient (Wildman–Crippen LogP) is 7.74. The number of ether oxygens (including phenoxy) is 1. The van der Waals surface area contributed by atoms with Crippen molar-refractivity contribution in [1.82, 2.24) is 5.32 Å². The third-order valence-corrected chi connectivity index (χ3v) is 8.12. The van der Waals surface area contributed by atoms with Crippen molar-refractivity contribution in [3.63, 3.8) is 0 Å². The van der Waals surface area contributed by atoms with E-state index in [9.17, 15) is 4.79 Å². The van der Waals surface area contributed by atoms with Crippen LogP contribution in [-0.2, 0) is 22.7 Å². The summed E-state index contributed by atoms with van der Waals surface area (Å²) in [5, 5.41) is 3.92. The summed E-state index contributed by atoms with van der Waals surface area (Å²) in [5.74, 6) is -0.177. The van der Waals surface area contributed by atoms with Crippen LogP contribution in [0.3, 0.4) is 0 Å². The fraction of sp³-hybridized carbons (Fsp3) is 0.324. The first-order chi connectivity index (χ1) is 18.8. The quantitative estimate of drug-likeness (QED) is 0.334. The molecule has 0 saturated carbocycles. The van der Waals surface area contributed by atoms with Gasteiger partial charge in [-0.05, 0) is 74.1 Å². The van der Waals surface area contributed by atoms with Crippen LogP contribution in [0.15, 0.2) is 107 Å². The number of fused-ring (bicyclic) bond motifs is 1. The first-order valence-corrected chi connectivity index (χ1v) is 14.1. The van der Waals surface area contributed by atoms with E-state index in [2.05, 4.69) is 64.8 Å². The van der Waals surface area contributed by atoms with E-state index in [1.807, 2.05) is 30.3 Å². The number of benzene rings is 3. The average molecular weight is 505 g/mol. The molecule has 3 aliphatic rings. The Kier molecular flexibility index (Phi) is 7.30. The molecular formula is C34H36N2O2. The number of rotatable bonds is 7. The molecule has 6 rings (SSSR count). The smallest absolute Gasteiger partial charge is 0.336 e. The molecule has 1 atom stereocenters. The average Bonchev–Trinajstić information content (AvgIpc) is 2.99. The minimum absolute atomic E-state index is 0.0959. The molecule has 1 N–H and O–H groups in total. The largest absolute Gasteiger partial charge is 0.457 e. The summed E-state index contributed by atoms with van der Waals surface area (Å²) in [6.45, 7) is 1.19. The Bertz CT molecular complexity index is 1340. The van der Waals surface area contributed by atoms with Gasteiger partial charge in [0.2, 0.25) is 0 Å². The van der Waals surface area contributed by atoms with Crippen LogP contribution >= 0.6 is 0 Å². The van der Waals surface area contributed by atoms with Gasteiger partial charge in [0.1, 0.15) is 6.61 Å². The van der Waals surface area contributed by atoms with Crippen LogP contribution in [0, 0.1) is 0 Å². The fourth-order valence-electron chi connectivity index (χ4n) is 6.23. The molecule has 3 aromatic rings. The Balaban J connectivity index is 1.32. The first-order valence-electron chi connectivity index (χ1n) is 14.1. The van der Waals surface area contributed by atoms with Crippen LogP contribution in [0.1, 0.15) is 74.1 Å². The maximum atomic E-state index is 13.3. The van der Waals surface area contributed by atoms with E-state index >= 15 is 0 Å². The molecule has 1 heterocycles. The van der Waals surface area contributed by atoms with Gasteiger partial charge in [0.15, 0.2) is 0 Å². The number of carbonyl (C=O) groups is 1. The molecule has 4 heteroatoms. The van der Waals surface area contributed by atoms with Crippen molar-refractivity contribution >= 4 is 11.7 Å². The zero-order chi connectivity index (χ0) is 25.7. The molecule has 1 aliphatic heterocycles. The van der Waals surface area contributed by atoms with Crippen LogP contribution in [0.4, 0.5) is 5.69 Å². The van der Waals surface area contributed by atoms with E-state index in [1.54, 1.807) is 0 Å². The molecule has 0 spiro atoms. The van der Waals surface area contributed by atoms with Gasteiger partial charge in [0.25, 0.3) is 0 Å². The van der Waals surface area contributed by atoms with Gasteiger partial charge in [0, 0.05) is 29.2 Å². The van der Waals surface area contributed by atoms with Crippen molar-refractivity contribution in [2.45, 2.75) is 70.6 Å². The van der Waals surface area contributed by atoms with Crippen LogP contribution < -0.4 is 10.2 Å². The molecule has 38 heavy (non-hydrogen) atoms. The van der Waals surface area contributed by atoms with Gasteiger partial charge in [-0.1, -0.05) is 78.9 Å². The molecule has 0 amide bonds.